The van der Waals surface area contributed by atoms with Crippen molar-refractivity contribution < 1.29 is 17.9 Å². The molecule has 0 radical (unpaired) electrons. The van der Waals surface area contributed by atoms with Crippen molar-refractivity contribution in [2.75, 3.05) is 37.0 Å². The molecule has 2 aliphatic heterocycles. The molecule has 0 spiro atoms. The van der Waals surface area contributed by atoms with E-state index in [0.717, 1.165) is 16.8 Å². The van der Waals surface area contributed by atoms with Crippen LogP contribution in [-0.4, -0.2) is 66.5 Å². The normalized spacial score (nSPS) is 23.0. The molecule has 3 aromatic heterocycles. The maximum atomic E-state index is 12.7. The second kappa shape index (κ2) is 8.32. The van der Waals surface area contributed by atoms with Gasteiger partial charge in [-0.05, 0) is 32.8 Å². The molecule has 5 rings (SSSR count). The van der Waals surface area contributed by atoms with Crippen molar-refractivity contribution >= 4 is 26.7 Å². The van der Waals surface area contributed by atoms with E-state index in [-0.39, 0.29) is 11.8 Å². The molecule has 9 nitrogen and oxygen atoms in total. The molecule has 0 aromatic carbocycles. The van der Waals surface area contributed by atoms with Crippen molar-refractivity contribution in [1.82, 2.24) is 19.9 Å². The lowest BCUT2D eigenvalue weighted by Gasteiger charge is -2.34. The van der Waals surface area contributed by atoms with Gasteiger partial charge in [-0.25, -0.2) is 18.4 Å². The third-order valence-corrected chi connectivity index (χ3v) is 8.29. The Morgan fingerprint density at radius 1 is 1.28 bits per heavy atom. The van der Waals surface area contributed by atoms with Gasteiger partial charge in [0, 0.05) is 35.8 Å². The van der Waals surface area contributed by atoms with Gasteiger partial charge in [0.1, 0.15) is 16.7 Å². The maximum Gasteiger partial charge on any atom is 0.215 e. The Bertz CT molecular complexity index is 1240. The number of aromatic nitrogens is 4. The molecule has 2 atom stereocenters. The van der Waals surface area contributed by atoms with Crippen LogP contribution in [0.3, 0.4) is 0 Å². The van der Waals surface area contributed by atoms with E-state index in [1.807, 2.05) is 31.3 Å². The van der Waals surface area contributed by atoms with Crippen LogP contribution in [0.25, 0.3) is 22.4 Å². The molecular weight excluding hydrogens is 430 g/mol. The molecule has 2 saturated heterocycles. The minimum Gasteiger partial charge on any atom is -0.478 e. The highest BCUT2D eigenvalue weighted by Gasteiger charge is 2.35. The first-order valence-corrected chi connectivity index (χ1v) is 12.7. The number of pyridine rings is 1. The topological polar surface area (TPSA) is 110 Å². The number of nitrogens with zero attached hydrogens (tertiary/aromatic N) is 4. The molecule has 32 heavy (non-hydrogen) atoms. The van der Waals surface area contributed by atoms with E-state index in [0.29, 0.717) is 62.3 Å². The number of morpholine rings is 1. The van der Waals surface area contributed by atoms with Crippen molar-refractivity contribution in [3.05, 3.63) is 30.1 Å². The summed E-state index contributed by atoms with van der Waals surface area (Å²) in [6, 6.07) is 5.72. The lowest BCUT2D eigenvalue weighted by molar-refractivity contribution is 0.0985. The summed E-state index contributed by atoms with van der Waals surface area (Å²) in [4.78, 5) is 19.5. The molecule has 0 amide bonds. The lowest BCUT2D eigenvalue weighted by Crippen LogP contribution is -2.44. The minimum absolute atomic E-state index is 0.128. The van der Waals surface area contributed by atoms with Crippen molar-refractivity contribution in [3.8, 4) is 17.3 Å². The van der Waals surface area contributed by atoms with E-state index in [1.165, 1.54) is 0 Å². The van der Waals surface area contributed by atoms with Crippen molar-refractivity contribution in [1.29, 1.82) is 0 Å². The number of ether oxygens (including phenoxy) is 2. The standard InChI is InChI=1S/C22H27N5O4S/c1-3-31-20-11-16(15-6-7-23-21(15)26-20)22-24-17(18-5-4-10-32(18,28)29)12-19(25-22)27-8-9-30-13-14(27)2/h6-7,11-12,14,18H,3-5,8-10,13H2,1-2H3,(H,23,26)/t14-,18?/m1/s1. The monoisotopic (exact) mass is 457 g/mol. The number of hydrogen-bond acceptors (Lipinski definition) is 8. The van der Waals surface area contributed by atoms with Crippen molar-refractivity contribution in [2.24, 2.45) is 0 Å². The average molecular weight is 458 g/mol. The lowest BCUT2D eigenvalue weighted by atomic mass is 10.1. The number of H-pyrrole nitrogens is 1. The van der Waals surface area contributed by atoms with Crippen LogP contribution in [0.2, 0.25) is 0 Å². The van der Waals surface area contributed by atoms with Gasteiger partial charge in [0.2, 0.25) is 5.88 Å². The fraction of sp³-hybridized carbons (Fsp3) is 0.500. The smallest absolute Gasteiger partial charge is 0.215 e. The van der Waals surface area contributed by atoms with E-state index in [1.54, 1.807) is 0 Å². The van der Waals surface area contributed by atoms with Gasteiger partial charge in [0.25, 0.3) is 0 Å². The quantitative estimate of drug-likeness (QED) is 0.623. The Hall–Kier alpha value is -2.72. The second-order valence-corrected chi connectivity index (χ2v) is 10.6. The summed E-state index contributed by atoms with van der Waals surface area (Å²) in [6.45, 7) is 6.36. The summed E-state index contributed by atoms with van der Waals surface area (Å²) in [5, 5.41) is 0.259. The Morgan fingerprint density at radius 3 is 2.91 bits per heavy atom. The molecule has 1 unspecified atom stereocenters. The summed E-state index contributed by atoms with van der Waals surface area (Å²) < 4.78 is 36.7. The van der Waals surface area contributed by atoms with E-state index < -0.39 is 15.1 Å². The Morgan fingerprint density at radius 2 is 2.16 bits per heavy atom. The molecule has 0 aliphatic carbocycles. The Balaban J connectivity index is 1.70. The largest absolute Gasteiger partial charge is 0.478 e. The zero-order valence-corrected chi connectivity index (χ0v) is 19.1. The molecule has 2 fully saturated rings. The van der Waals surface area contributed by atoms with Crippen LogP contribution in [-0.2, 0) is 14.6 Å². The van der Waals surface area contributed by atoms with Gasteiger partial charge in [-0.2, -0.15) is 4.98 Å². The summed E-state index contributed by atoms with van der Waals surface area (Å²) in [5.41, 5.74) is 1.99. The van der Waals surface area contributed by atoms with E-state index in [4.69, 9.17) is 19.4 Å². The van der Waals surface area contributed by atoms with E-state index >= 15 is 0 Å². The Kier molecular flexibility index (Phi) is 5.50. The summed E-state index contributed by atoms with van der Waals surface area (Å²) in [6.07, 6.45) is 3.05. The van der Waals surface area contributed by atoms with Gasteiger partial charge < -0.3 is 19.4 Å². The third kappa shape index (κ3) is 3.81. The predicted octanol–water partition coefficient (Wildman–Crippen LogP) is 2.89. The number of hydrogen-bond donors (Lipinski definition) is 1. The highest BCUT2D eigenvalue weighted by atomic mass is 32.2. The van der Waals surface area contributed by atoms with Gasteiger partial charge in [-0.15, -0.1) is 0 Å². The molecule has 3 aromatic rings. The molecule has 170 valence electrons. The van der Waals surface area contributed by atoms with Crippen LogP contribution in [0.5, 0.6) is 5.88 Å². The van der Waals surface area contributed by atoms with Gasteiger partial charge in [0.05, 0.1) is 37.3 Å². The van der Waals surface area contributed by atoms with Crippen molar-refractivity contribution in [3.63, 3.8) is 0 Å². The predicted molar refractivity (Wildman–Crippen MR) is 122 cm³/mol. The van der Waals surface area contributed by atoms with Crippen LogP contribution < -0.4 is 9.64 Å². The van der Waals surface area contributed by atoms with Crippen LogP contribution in [0, 0.1) is 0 Å². The second-order valence-electron chi connectivity index (χ2n) is 8.27. The maximum absolute atomic E-state index is 12.7. The van der Waals surface area contributed by atoms with Crippen LogP contribution in [0.4, 0.5) is 5.82 Å². The fourth-order valence-corrected chi connectivity index (χ4v) is 6.37. The summed E-state index contributed by atoms with van der Waals surface area (Å²) in [5.74, 6) is 1.88. The van der Waals surface area contributed by atoms with Crippen LogP contribution >= 0.6 is 0 Å². The highest BCUT2D eigenvalue weighted by Crippen LogP contribution is 2.37. The number of sulfone groups is 1. The van der Waals surface area contributed by atoms with Gasteiger partial charge >= 0.3 is 0 Å². The van der Waals surface area contributed by atoms with E-state index in [2.05, 4.69) is 21.8 Å². The molecule has 0 bridgehead atoms. The third-order valence-electron chi connectivity index (χ3n) is 6.09. The molecule has 10 heteroatoms. The summed E-state index contributed by atoms with van der Waals surface area (Å²) >= 11 is 0. The first-order valence-electron chi connectivity index (χ1n) is 11.0. The van der Waals surface area contributed by atoms with Gasteiger partial charge in [-0.1, -0.05) is 0 Å². The van der Waals surface area contributed by atoms with Gasteiger partial charge in [-0.3, -0.25) is 0 Å². The summed E-state index contributed by atoms with van der Waals surface area (Å²) in [7, 11) is -3.23. The average Bonchev–Trinajstić information content (AvgIpc) is 3.39. The number of nitrogens with one attached hydrogen (secondary N) is 1. The number of aromatic amines is 1. The zero-order chi connectivity index (χ0) is 22.3. The van der Waals surface area contributed by atoms with Crippen LogP contribution in [0.1, 0.15) is 37.6 Å². The minimum atomic E-state index is -3.23. The molecular formula is C22H27N5O4S. The molecule has 0 saturated carbocycles. The number of fused-ring (bicyclic) bond motifs is 1. The first kappa shape index (κ1) is 21.1. The molecule has 1 N–H and O–H groups in total. The molecule has 2 aliphatic rings. The molecule has 5 heterocycles. The van der Waals surface area contributed by atoms with Crippen LogP contribution in [0.15, 0.2) is 24.4 Å². The van der Waals surface area contributed by atoms with Gasteiger partial charge in [0.15, 0.2) is 15.7 Å². The highest BCUT2D eigenvalue weighted by molar-refractivity contribution is 7.91. The first-order chi connectivity index (χ1) is 15.5. The fourth-order valence-electron chi connectivity index (χ4n) is 4.50. The SMILES string of the molecule is CCOc1cc(-c2nc(C3CCCS3(=O)=O)cc(N3CCOC[C@H]3C)n2)c2cc[nH]c2n1. The number of rotatable bonds is 5. The van der Waals surface area contributed by atoms with E-state index in [9.17, 15) is 8.42 Å². The number of anilines is 1. The Labute approximate surface area is 187 Å². The zero-order valence-electron chi connectivity index (χ0n) is 18.2. The van der Waals surface area contributed by atoms with Crippen molar-refractivity contribution in [2.45, 2.75) is 38.0 Å².